The van der Waals surface area contributed by atoms with E-state index in [9.17, 15) is 29.4 Å². The van der Waals surface area contributed by atoms with Gasteiger partial charge in [-0.2, -0.15) is 11.8 Å². The molecule has 0 aromatic carbocycles. The molecule has 0 radical (unpaired) electrons. The molecule has 0 saturated heterocycles. The van der Waals surface area contributed by atoms with Crippen molar-refractivity contribution in [3.8, 4) is 0 Å². The number of carboxylic acids is 1. The van der Waals surface area contributed by atoms with E-state index in [0.717, 1.165) is 0 Å². The van der Waals surface area contributed by atoms with Crippen LogP contribution >= 0.6 is 11.8 Å². The number of nitrogens with two attached hydrogens (primary N) is 1. The number of hydrogen-bond acceptors (Lipinski definition) is 8. The summed E-state index contributed by atoms with van der Waals surface area (Å²) < 4.78 is 0. The van der Waals surface area contributed by atoms with Crippen LogP contribution in [-0.4, -0.2) is 86.2 Å². The third-order valence-corrected chi connectivity index (χ3v) is 5.60. The van der Waals surface area contributed by atoms with Gasteiger partial charge in [0.15, 0.2) is 0 Å². The number of hydrogen-bond donors (Lipinski definition) is 7. The minimum absolute atomic E-state index is 0.00653. The van der Waals surface area contributed by atoms with Crippen LogP contribution in [0.3, 0.4) is 0 Å². The Labute approximate surface area is 203 Å². The Morgan fingerprint density at radius 1 is 1.09 bits per heavy atom. The molecule has 0 aliphatic heterocycles. The maximum absolute atomic E-state index is 12.9. The number of aromatic amines is 1. The van der Waals surface area contributed by atoms with Crippen molar-refractivity contribution in [2.24, 2.45) is 11.7 Å². The van der Waals surface area contributed by atoms with Crippen molar-refractivity contribution in [2.45, 2.75) is 70.3 Å². The SMILES string of the molecule is CSCCC(NC(=O)C(CC(C)C)NC(=O)C(NC(=O)C(N)Cc1cnc[nH]1)C(C)O)C(=O)O. The van der Waals surface area contributed by atoms with Gasteiger partial charge in [0, 0.05) is 18.3 Å². The van der Waals surface area contributed by atoms with Gasteiger partial charge in [-0.3, -0.25) is 14.4 Å². The molecule has 13 heteroatoms. The van der Waals surface area contributed by atoms with Crippen LogP contribution in [-0.2, 0) is 25.6 Å². The first-order valence-corrected chi connectivity index (χ1v) is 12.4. The van der Waals surface area contributed by atoms with Crippen molar-refractivity contribution in [3.05, 3.63) is 18.2 Å². The molecule has 5 unspecified atom stereocenters. The van der Waals surface area contributed by atoms with Crippen molar-refractivity contribution < 1.29 is 29.4 Å². The number of carbonyl (C=O) groups is 4. The summed E-state index contributed by atoms with van der Waals surface area (Å²) in [7, 11) is 0. The number of aromatic nitrogens is 2. The first-order chi connectivity index (χ1) is 16.0. The monoisotopic (exact) mass is 500 g/mol. The second-order valence-electron chi connectivity index (χ2n) is 8.49. The molecule has 0 saturated carbocycles. The van der Waals surface area contributed by atoms with E-state index < -0.39 is 54.0 Å². The topological polar surface area (TPSA) is 200 Å². The summed E-state index contributed by atoms with van der Waals surface area (Å²) in [6.45, 7) is 5.01. The van der Waals surface area contributed by atoms with Crippen molar-refractivity contribution in [3.63, 3.8) is 0 Å². The summed E-state index contributed by atoms with van der Waals surface area (Å²) in [6.07, 6.45) is 4.11. The lowest BCUT2D eigenvalue weighted by Crippen LogP contribution is -2.60. The number of nitrogens with zero attached hydrogens (tertiary/aromatic N) is 1. The van der Waals surface area contributed by atoms with E-state index in [-0.39, 0.29) is 25.2 Å². The fourth-order valence-electron chi connectivity index (χ4n) is 3.12. The number of aliphatic hydroxyl groups is 1. The third-order valence-electron chi connectivity index (χ3n) is 4.96. The summed E-state index contributed by atoms with van der Waals surface area (Å²) in [5.41, 5.74) is 6.53. The molecule has 1 rings (SSSR count). The lowest BCUT2D eigenvalue weighted by atomic mass is 10.0. The van der Waals surface area contributed by atoms with Crippen LogP contribution in [0, 0.1) is 5.92 Å². The van der Waals surface area contributed by atoms with Gasteiger partial charge in [-0.15, -0.1) is 0 Å². The van der Waals surface area contributed by atoms with E-state index in [1.165, 1.54) is 31.2 Å². The van der Waals surface area contributed by atoms with Gasteiger partial charge in [-0.25, -0.2) is 9.78 Å². The molecule has 0 bridgehead atoms. The molecule has 1 heterocycles. The second-order valence-corrected chi connectivity index (χ2v) is 9.47. The lowest BCUT2D eigenvalue weighted by molar-refractivity contribution is -0.142. The van der Waals surface area contributed by atoms with E-state index in [0.29, 0.717) is 11.4 Å². The highest BCUT2D eigenvalue weighted by molar-refractivity contribution is 7.98. The molecule has 1 aromatic rings. The molecule has 12 nitrogen and oxygen atoms in total. The van der Waals surface area contributed by atoms with Crippen LogP contribution in [0.25, 0.3) is 0 Å². The summed E-state index contributed by atoms with van der Waals surface area (Å²) >= 11 is 1.45. The van der Waals surface area contributed by atoms with Crippen LogP contribution in [0.2, 0.25) is 0 Å². The van der Waals surface area contributed by atoms with E-state index >= 15 is 0 Å². The zero-order chi connectivity index (χ0) is 25.8. The highest BCUT2D eigenvalue weighted by Gasteiger charge is 2.32. The van der Waals surface area contributed by atoms with Crippen LogP contribution in [0.5, 0.6) is 0 Å². The van der Waals surface area contributed by atoms with Gasteiger partial charge in [0.05, 0.1) is 18.5 Å². The molecule has 0 spiro atoms. The molecule has 1 aromatic heterocycles. The standard InChI is InChI=1S/C21H36N6O6S/c1-11(2)7-16(19(30)25-15(21(32)33)5-6-34-4)26-20(31)17(12(3)28)27-18(29)14(22)8-13-9-23-10-24-13/h9-12,14-17,28H,5-8,22H2,1-4H3,(H,23,24)(H,25,30)(H,26,31)(H,27,29)(H,32,33). The van der Waals surface area contributed by atoms with Crippen molar-refractivity contribution >= 4 is 35.5 Å². The normalized spacial score (nSPS) is 15.6. The number of imidazole rings is 1. The molecular weight excluding hydrogens is 464 g/mol. The van der Waals surface area contributed by atoms with Crippen LogP contribution < -0.4 is 21.7 Å². The Hall–Kier alpha value is -2.64. The first kappa shape index (κ1) is 29.4. The average molecular weight is 501 g/mol. The van der Waals surface area contributed by atoms with Gasteiger partial charge < -0.3 is 36.9 Å². The maximum Gasteiger partial charge on any atom is 0.326 e. The van der Waals surface area contributed by atoms with Gasteiger partial charge in [0.25, 0.3) is 0 Å². The Morgan fingerprint density at radius 2 is 1.74 bits per heavy atom. The number of carboxylic acid groups (broad SMARTS) is 1. The quantitative estimate of drug-likeness (QED) is 0.158. The summed E-state index contributed by atoms with van der Waals surface area (Å²) in [5.74, 6) is -2.74. The van der Waals surface area contributed by atoms with Crippen molar-refractivity contribution in [1.29, 1.82) is 0 Å². The summed E-state index contributed by atoms with van der Waals surface area (Å²) in [6, 6.07) is -4.52. The van der Waals surface area contributed by atoms with E-state index in [2.05, 4.69) is 25.9 Å². The fourth-order valence-corrected chi connectivity index (χ4v) is 3.59. The zero-order valence-electron chi connectivity index (χ0n) is 19.9. The van der Waals surface area contributed by atoms with Crippen molar-refractivity contribution in [1.82, 2.24) is 25.9 Å². The first-order valence-electron chi connectivity index (χ1n) is 11.0. The van der Waals surface area contributed by atoms with Crippen LogP contribution in [0.1, 0.15) is 39.3 Å². The number of aliphatic carboxylic acids is 1. The number of nitrogens with one attached hydrogen (secondary N) is 4. The number of carbonyl (C=O) groups excluding carboxylic acids is 3. The summed E-state index contributed by atoms with van der Waals surface area (Å²) in [5, 5.41) is 26.9. The number of rotatable bonds is 15. The molecule has 5 atom stereocenters. The third kappa shape index (κ3) is 10.1. The Bertz CT molecular complexity index is 804. The molecular formula is C21H36N6O6S. The van der Waals surface area contributed by atoms with Gasteiger partial charge in [-0.05, 0) is 37.7 Å². The number of aliphatic hydroxyl groups excluding tert-OH is 1. The minimum atomic E-state index is -1.37. The number of amides is 3. The highest BCUT2D eigenvalue weighted by Crippen LogP contribution is 2.09. The maximum atomic E-state index is 12.9. The smallest absolute Gasteiger partial charge is 0.326 e. The predicted octanol–water partition coefficient (Wildman–Crippen LogP) is -1.00. The minimum Gasteiger partial charge on any atom is -0.480 e. The molecule has 0 aliphatic rings. The van der Waals surface area contributed by atoms with Gasteiger partial charge in [-0.1, -0.05) is 13.8 Å². The van der Waals surface area contributed by atoms with E-state index in [1.54, 1.807) is 0 Å². The molecule has 192 valence electrons. The Balaban J connectivity index is 2.88. The Morgan fingerprint density at radius 3 is 2.24 bits per heavy atom. The molecule has 34 heavy (non-hydrogen) atoms. The summed E-state index contributed by atoms with van der Waals surface area (Å²) in [4.78, 5) is 56.4. The second kappa shape index (κ2) is 14.6. The Kier molecular flexibility index (Phi) is 12.6. The molecule has 0 fully saturated rings. The predicted molar refractivity (Wildman–Crippen MR) is 128 cm³/mol. The highest BCUT2D eigenvalue weighted by atomic mass is 32.2. The van der Waals surface area contributed by atoms with Crippen molar-refractivity contribution in [2.75, 3.05) is 12.0 Å². The fraction of sp³-hybridized carbons (Fsp3) is 0.667. The largest absolute Gasteiger partial charge is 0.480 e. The zero-order valence-corrected chi connectivity index (χ0v) is 20.7. The lowest BCUT2D eigenvalue weighted by Gasteiger charge is -2.27. The van der Waals surface area contributed by atoms with Gasteiger partial charge >= 0.3 is 5.97 Å². The number of thioether (sulfide) groups is 1. The molecule has 3 amide bonds. The number of H-pyrrole nitrogens is 1. The average Bonchev–Trinajstić information content (AvgIpc) is 3.26. The van der Waals surface area contributed by atoms with E-state index in [4.69, 9.17) is 5.73 Å². The molecule has 0 aliphatic carbocycles. The van der Waals surface area contributed by atoms with Crippen LogP contribution in [0.4, 0.5) is 0 Å². The van der Waals surface area contributed by atoms with Gasteiger partial charge in [0.2, 0.25) is 17.7 Å². The van der Waals surface area contributed by atoms with E-state index in [1.807, 2.05) is 20.1 Å². The molecule has 8 N–H and O–H groups in total. The van der Waals surface area contributed by atoms with Crippen LogP contribution in [0.15, 0.2) is 12.5 Å². The van der Waals surface area contributed by atoms with Gasteiger partial charge in [0.1, 0.15) is 18.1 Å².